The summed E-state index contributed by atoms with van der Waals surface area (Å²) in [6, 6.07) is 3.91. The Morgan fingerprint density at radius 2 is 1.83 bits per heavy atom. The molecule has 3 rings (SSSR count). The van der Waals surface area contributed by atoms with E-state index < -0.39 is 11.7 Å². The zero-order valence-corrected chi connectivity index (χ0v) is 9.96. The molecule has 0 aromatic heterocycles. The summed E-state index contributed by atoms with van der Waals surface area (Å²) in [5.74, 6) is 1.40. The molecule has 2 aliphatic rings. The molecule has 0 atom stereocenters. The highest BCUT2D eigenvalue weighted by Gasteiger charge is 2.34. The molecule has 0 radical (unpaired) electrons. The molecule has 0 bridgehead atoms. The fraction of sp³-hybridized carbons (Fsp3) is 0.571. The van der Waals surface area contributed by atoms with Crippen molar-refractivity contribution in [2.24, 2.45) is 5.92 Å². The first-order valence-corrected chi connectivity index (χ1v) is 6.38. The lowest BCUT2D eigenvalue weighted by Gasteiger charge is -2.14. The Morgan fingerprint density at radius 3 is 2.39 bits per heavy atom. The number of benzene rings is 1. The van der Waals surface area contributed by atoms with Crippen molar-refractivity contribution >= 4 is 0 Å². The Labute approximate surface area is 104 Å². The van der Waals surface area contributed by atoms with E-state index in [1.165, 1.54) is 0 Å². The first-order chi connectivity index (χ1) is 8.54. The zero-order valence-electron chi connectivity index (χ0n) is 9.96. The van der Waals surface area contributed by atoms with E-state index in [1.54, 1.807) is 6.07 Å². The first kappa shape index (κ1) is 11.9. The van der Waals surface area contributed by atoms with Crippen LogP contribution < -0.4 is 4.74 Å². The summed E-state index contributed by atoms with van der Waals surface area (Å²) in [5, 5.41) is 0. The molecule has 0 N–H and O–H groups in total. The number of hydrogen-bond acceptors (Lipinski definition) is 1. The van der Waals surface area contributed by atoms with Gasteiger partial charge in [-0.2, -0.15) is 13.2 Å². The summed E-state index contributed by atoms with van der Waals surface area (Å²) in [5.41, 5.74) is 0.335. The van der Waals surface area contributed by atoms with Crippen molar-refractivity contribution in [1.82, 2.24) is 0 Å². The van der Waals surface area contributed by atoms with Crippen LogP contribution in [0, 0.1) is 5.92 Å². The molecular formula is C14H15F3O. The fourth-order valence-corrected chi connectivity index (χ4v) is 2.06. The lowest BCUT2D eigenvalue weighted by molar-refractivity contribution is -0.137. The second-order valence-electron chi connectivity index (χ2n) is 5.28. The molecule has 98 valence electrons. The Bertz CT molecular complexity index is 445. The maximum absolute atomic E-state index is 12.7. The van der Waals surface area contributed by atoms with Gasteiger partial charge in [0.15, 0.2) is 0 Å². The highest BCUT2D eigenvalue weighted by molar-refractivity contribution is 5.42. The quantitative estimate of drug-likeness (QED) is 0.777. The second-order valence-corrected chi connectivity index (χ2v) is 5.28. The highest BCUT2D eigenvalue weighted by Crippen LogP contribution is 2.46. The molecule has 0 saturated heterocycles. The van der Waals surface area contributed by atoms with Gasteiger partial charge >= 0.3 is 6.18 Å². The van der Waals surface area contributed by atoms with Crippen LogP contribution in [0.5, 0.6) is 5.75 Å². The van der Waals surface area contributed by atoms with E-state index in [1.807, 2.05) is 0 Å². The van der Waals surface area contributed by atoms with Gasteiger partial charge in [-0.3, -0.25) is 0 Å². The largest absolute Gasteiger partial charge is 0.493 e. The Morgan fingerprint density at radius 1 is 1.11 bits per heavy atom. The molecule has 0 unspecified atom stereocenters. The summed E-state index contributed by atoms with van der Waals surface area (Å²) in [4.78, 5) is 0. The summed E-state index contributed by atoms with van der Waals surface area (Å²) in [6.45, 7) is 0.557. The molecule has 0 spiro atoms. The number of rotatable bonds is 4. The third-order valence-corrected chi connectivity index (χ3v) is 3.53. The van der Waals surface area contributed by atoms with Crippen molar-refractivity contribution in [3.63, 3.8) is 0 Å². The summed E-state index contributed by atoms with van der Waals surface area (Å²) < 4.78 is 43.6. The van der Waals surface area contributed by atoms with Crippen LogP contribution in [0.15, 0.2) is 18.2 Å². The van der Waals surface area contributed by atoms with E-state index in [0.717, 1.165) is 43.4 Å². The molecule has 2 aliphatic carbocycles. The van der Waals surface area contributed by atoms with Crippen molar-refractivity contribution < 1.29 is 17.9 Å². The van der Waals surface area contributed by atoms with Gasteiger partial charge in [-0.05, 0) is 55.2 Å². The molecule has 0 aliphatic heterocycles. The molecule has 1 nitrogen and oxygen atoms in total. The van der Waals surface area contributed by atoms with E-state index in [9.17, 15) is 13.2 Å². The van der Waals surface area contributed by atoms with Crippen LogP contribution in [0.2, 0.25) is 0 Å². The van der Waals surface area contributed by atoms with E-state index in [0.29, 0.717) is 24.2 Å². The zero-order chi connectivity index (χ0) is 12.8. The normalized spacial score (nSPS) is 19.9. The predicted molar refractivity (Wildman–Crippen MR) is 61.6 cm³/mol. The number of alkyl halides is 3. The Balaban J connectivity index is 1.84. The minimum Gasteiger partial charge on any atom is -0.493 e. The SMILES string of the molecule is FC(F)(F)c1ccc(C2CC2)c(OCC2CC2)c1. The molecule has 1 aromatic rings. The molecule has 0 heterocycles. The molecular weight excluding hydrogens is 241 g/mol. The van der Waals surface area contributed by atoms with Crippen molar-refractivity contribution in [2.75, 3.05) is 6.61 Å². The molecule has 2 fully saturated rings. The number of hydrogen-bond donors (Lipinski definition) is 0. The van der Waals surface area contributed by atoms with Gasteiger partial charge < -0.3 is 4.74 Å². The third kappa shape index (κ3) is 2.62. The van der Waals surface area contributed by atoms with Gasteiger partial charge in [-0.1, -0.05) is 6.07 Å². The second kappa shape index (κ2) is 4.18. The summed E-state index contributed by atoms with van der Waals surface area (Å²) >= 11 is 0. The van der Waals surface area contributed by atoms with Crippen LogP contribution in [0.25, 0.3) is 0 Å². The number of halogens is 3. The maximum atomic E-state index is 12.7. The lowest BCUT2D eigenvalue weighted by Crippen LogP contribution is -2.07. The topological polar surface area (TPSA) is 9.23 Å². The standard InChI is InChI=1S/C14H15F3O/c15-14(16,17)11-5-6-12(10-3-4-10)13(7-11)18-8-9-1-2-9/h5-7,9-10H,1-4,8H2. The average Bonchev–Trinajstić information content (AvgIpc) is 3.16. The fourth-order valence-electron chi connectivity index (χ4n) is 2.06. The number of ether oxygens (including phenoxy) is 1. The van der Waals surface area contributed by atoms with Gasteiger partial charge in [0.05, 0.1) is 12.2 Å². The predicted octanol–water partition coefficient (Wildman–Crippen LogP) is 4.37. The van der Waals surface area contributed by atoms with Crippen LogP contribution in [-0.4, -0.2) is 6.61 Å². The van der Waals surface area contributed by atoms with Gasteiger partial charge in [-0.15, -0.1) is 0 Å². The van der Waals surface area contributed by atoms with Crippen LogP contribution in [-0.2, 0) is 6.18 Å². The van der Waals surface area contributed by atoms with E-state index in [2.05, 4.69) is 0 Å². The van der Waals surface area contributed by atoms with Crippen LogP contribution in [0.1, 0.15) is 42.7 Å². The minimum atomic E-state index is -4.29. The molecule has 18 heavy (non-hydrogen) atoms. The summed E-state index contributed by atoms with van der Waals surface area (Å²) in [7, 11) is 0. The van der Waals surface area contributed by atoms with Crippen LogP contribution >= 0.6 is 0 Å². The van der Waals surface area contributed by atoms with Crippen molar-refractivity contribution in [1.29, 1.82) is 0 Å². The van der Waals surface area contributed by atoms with Gasteiger partial charge in [0.1, 0.15) is 5.75 Å². The van der Waals surface area contributed by atoms with Gasteiger partial charge in [-0.25, -0.2) is 0 Å². The molecule has 2 saturated carbocycles. The van der Waals surface area contributed by atoms with E-state index in [4.69, 9.17) is 4.74 Å². The Kier molecular flexibility index (Phi) is 2.76. The van der Waals surface area contributed by atoms with Gasteiger partial charge in [0.25, 0.3) is 0 Å². The van der Waals surface area contributed by atoms with Crippen molar-refractivity contribution in [2.45, 2.75) is 37.8 Å². The summed E-state index contributed by atoms with van der Waals surface area (Å²) in [6.07, 6.45) is 0.103. The first-order valence-electron chi connectivity index (χ1n) is 6.38. The lowest BCUT2D eigenvalue weighted by atomic mass is 10.1. The van der Waals surface area contributed by atoms with Crippen molar-refractivity contribution in [3.05, 3.63) is 29.3 Å². The molecule has 4 heteroatoms. The average molecular weight is 256 g/mol. The molecule has 0 amide bonds. The third-order valence-electron chi connectivity index (χ3n) is 3.53. The monoisotopic (exact) mass is 256 g/mol. The van der Waals surface area contributed by atoms with Crippen LogP contribution in [0.4, 0.5) is 13.2 Å². The van der Waals surface area contributed by atoms with E-state index in [-0.39, 0.29) is 0 Å². The minimum absolute atomic E-state index is 0.404. The smallest absolute Gasteiger partial charge is 0.416 e. The van der Waals surface area contributed by atoms with Crippen LogP contribution in [0.3, 0.4) is 0 Å². The van der Waals surface area contributed by atoms with Gasteiger partial charge in [0.2, 0.25) is 0 Å². The van der Waals surface area contributed by atoms with E-state index >= 15 is 0 Å². The highest BCUT2D eigenvalue weighted by atomic mass is 19.4. The van der Waals surface area contributed by atoms with Gasteiger partial charge in [0, 0.05) is 0 Å². The molecule has 1 aromatic carbocycles. The Hall–Kier alpha value is -1.19. The van der Waals surface area contributed by atoms with Crippen molar-refractivity contribution in [3.8, 4) is 5.75 Å². The maximum Gasteiger partial charge on any atom is 0.416 e.